The Balaban J connectivity index is 2.20. The summed E-state index contributed by atoms with van der Waals surface area (Å²) in [5.74, 6) is -0.214. The Kier molecular flexibility index (Phi) is 4.61. The van der Waals surface area contributed by atoms with Gasteiger partial charge in [-0.15, -0.1) is 0 Å². The van der Waals surface area contributed by atoms with Crippen molar-refractivity contribution in [2.24, 2.45) is 0 Å². The Labute approximate surface area is 80.5 Å². The molecule has 1 fully saturated rings. The molecule has 70 valence electrons. The smallest absolute Gasteiger partial charge is 0.335 e. The fraction of sp³-hybridized carbons (Fsp3) is 0.875. The van der Waals surface area contributed by atoms with Crippen molar-refractivity contribution in [3.8, 4) is 0 Å². The highest BCUT2D eigenvalue weighted by Gasteiger charge is 2.22. The van der Waals surface area contributed by atoms with Crippen LogP contribution in [0.5, 0.6) is 0 Å². The van der Waals surface area contributed by atoms with E-state index < -0.39 is 0 Å². The zero-order valence-corrected chi connectivity index (χ0v) is 8.51. The highest BCUT2D eigenvalue weighted by molar-refractivity contribution is 9.09. The number of esters is 1. The second kappa shape index (κ2) is 5.54. The highest BCUT2D eigenvalue weighted by atomic mass is 79.9. The summed E-state index contributed by atoms with van der Waals surface area (Å²) in [5.41, 5.74) is 0. The number of hydrogen-bond donors (Lipinski definition) is 0. The third kappa shape index (κ3) is 3.11. The molecular formula is C8H13BrO3. The highest BCUT2D eigenvalue weighted by Crippen LogP contribution is 2.13. The van der Waals surface area contributed by atoms with E-state index in [1.54, 1.807) is 0 Å². The van der Waals surface area contributed by atoms with E-state index in [-0.39, 0.29) is 12.1 Å². The van der Waals surface area contributed by atoms with Gasteiger partial charge in [0.2, 0.25) is 0 Å². The Bertz CT molecular complexity index is 143. The Hall–Kier alpha value is -0.0900. The zero-order chi connectivity index (χ0) is 8.81. The van der Waals surface area contributed by atoms with E-state index in [1.807, 2.05) is 0 Å². The zero-order valence-electron chi connectivity index (χ0n) is 6.92. The Morgan fingerprint density at radius 1 is 1.58 bits per heavy atom. The lowest BCUT2D eigenvalue weighted by Gasteiger charge is -2.20. The fourth-order valence-corrected chi connectivity index (χ4v) is 1.32. The summed E-state index contributed by atoms with van der Waals surface area (Å²) in [4.78, 5) is 11.2. The molecule has 12 heavy (non-hydrogen) atoms. The third-order valence-corrected chi connectivity index (χ3v) is 2.09. The van der Waals surface area contributed by atoms with Crippen LogP contribution in [0.4, 0.5) is 0 Å². The molecule has 0 aliphatic carbocycles. The summed E-state index contributed by atoms with van der Waals surface area (Å²) < 4.78 is 10.2. The molecule has 0 bridgehead atoms. The minimum Gasteiger partial charge on any atom is -0.463 e. The summed E-state index contributed by atoms with van der Waals surface area (Å²) in [7, 11) is 0. The number of carbonyl (C=O) groups excluding carboxylic acids is 1. The topological polar surface area (TPSA) is 35.5 Å². The van der Waals surface area contributed by atoms with Crippen LogP contribution in [0.25, 0.3) is 0 Å². The van der Waals surface area contributed by atoms with Crippen LogP contribution in [0.15, 0.2) is 0 Å². The standard InChI is InChI=1S/C8H13BrO3/c9-4-6-12-8(10)7-3-1-2-5-11-7/h7H,1-6H2. The lowest BCUT2D eigenvalue weighted by atomic mass is 10.1. The minimum absolute atomic E-state index is 0.214. The third-order valence-electron chi connectivity index (χ3n) is 1.76. The van der Waals surface area contributed by atoms with Crippen molar-refractivity contribution >= 4 is 21.9 Å². The fourth-order valence-electron chi connectivity index (χ4n) is 1.16. The maximum Gasteiger partial charge on any atom is 0.335 e. The van der Waals surface area contributed by atoms with Gasteiger partial charge in [-0.1, -0.05) is 15.9 Å². The van der Waals surface area contributed by atoms with Crippen LogP contribution in [0, 0.1) is 0 Å². The van der Waals surface area contributed by atoms with Gasteiger partial charge in [-0.2, -0.15) is 0 Å². The van der Waals surface area contributed by atoms with Crippen molar-refractivity contribution < 1.29 is 14.3 Å². The first kappa shape index (κ1) is 9.99. The molecule has 1 unspecified atom stereocenters. The SMILES string of the molecule is O=C(OCCBr)C1CCCCO1. The van der Waals surface area contributed by atoms with E-state index in [9.17, 15) is 4.79 Å². The van der Waals surface area contributed by atoms with Crippen molar-refractivity contribution in [1.82, 2.24) is 0 Å². The summed E-state index contributed by atoms with van der Waals surface area (Å²) in [6.07, 6.45) is 2.62. The number of rotatable bonds is 3. The first-order valence-corrected chi connectivity index (χ1v) is 5.31. The predicted molar refractivity (Wildman–Crippen MR) is 48.3 cm³/mol. The molecule has 1 aliphatic rings. The molecule has 0 spiro atoms. The predicted octanol–water partition coefficient (Wildman–Crippen LogP) is 1.49. The van der Waals surface area contributed by atoms with Gasteiger partial charge in [0.25, 0.3) is 0 Å². The van der Waals surface area contributed by atoms with Crippen LogP contribution in [-0.4, -0.2) is 30.6 Å². The second-order valence-electron chi connectivity index (χ2n) is 2.71. The molecule has 0 N–H and O–H groups in total. The first-order valence-electron chi connectivity index (χ1n) is 4.19. The van der Waals surface area contributed by atoms with Crippen LogP contribution < -0.4 is 0 Å². The molecular weight excluding hydrogens is 224 g/mol. The molecule has 0 aromatic carbocycles. The maximum atomic E-state index is 11.2. The van der Waals surface area contributed by atoms with Gasteiger partial charge in [-0.05, 0) is 19.3 Å². The van der Waals surface area contributed by atoms with Crippen LogP contribution in [0.3, 0.4) is 0 Å². The van der Waals surface area contributed by atoms with Gasteiger partial charge in [0.1, 0.15) is 6.61 Å². The number of alkyl halides is 1. The van der Waals surface area contributed by atoms with Gasteiger partial charge in [-0.3, -0.25) is 0 Å². The summed E-state index contributed by atoms with van der Waals surface area (Å²) in [6.45, 7) is 1.12. The molecule has 3 nitrogen and oxygen atoms in total. The van der Waals surface area contributed by atoms with Gasteiger partial charge >= 0.3 is 5.97 Å². The van der Waals surface area contributed by atoms with E-state index >= 15 is 0 Å². The average molecular weight is 237 g/mol. The van der Waals surface area contributed by atoms with E-state index in [1.165, 1.54) is 0 Å². The molecule has 0 saturated carbocycles. The van der Waals surface area contributed by atoms with Gasteiger partial charge < -0.3 is 9.47 Å². The quantitative estimate of drug-likeness (QED) is 0.551. The number of carbonyl (C=O) groups is 1. The molecule has 0 amide bonds. The van der Waals surface area contributed by atoms with E-state index in [4.69, 9.17) is 9.47 Å². The van der Waals surface area contributed by atoms with Crippen molar-refractivity contribution in [1.29, 1.82) is 0 Å². The van der Waals surface area contributed by atoms with E-state index in [0.717, 1.165) is 19.3 Å². The van der Waals surface area contributed by atoms with Crippen LogP contribution in [0.1, 0.15) is 19.3 Å². The molecule has 0 radical (unpaired) electrons. The molecule has 1 atom stereocenters. The maximum absolute atomic E-state index is 11.2. The van der Waals surface area contributed by atoms with Crippen molar-refractivity contribution in [3.63, 3.8) is 0 Å². The lowest BCUT2D eigenvalue weighted by Crippen LogP contribution is -2.30. The number of hydrogen-bond acceptors (Lipinski definition) is 3. The molecule has 0 aromatic heterocycles. The molecule has 1 aliphatic heterocycles. The van der Waals surface area contributed by atoms with Crippen molar-refractivity contribution in [2.45, 2.75) is 25.4 Å². The van der Waals surface area contributed by atoms with Gasteiger partial charge in [0, 0.05) is 11.9 Å². The van der Waals surface area contributed by atoms with E-state index in [2.05, 4.69) is 15.9 Å². The summed E-state index contributed by atoms with van der Waals surface area (Å²) in [6, 6.07) is 0. The summed E-state index contributed by atoms with van der Waals surface area (Å²) in [5, 5.41) is 0.686. The molecule has 1 rings (SSSR count). The molecule has 1 saturated heterocycles. The van der Waals surface area contributed by atoms with Crippen molar-refractivity contribution in [3.05, 3.63) is 0 Å². The van der Waals surface area contributed by atoms with Crippen LogP contribution in [0.2, 0.25) is 0 Å². The molecule has 4 heteroatoms. The van der Waals surface area contributed by atoms with Gasteiger partial charge in [0.15, 0.2) is 6.10 Å². The molecule has 0 aromatic rings. The van der Waals surface area contributed by atoms with E-state index in [0.29, 0.717) is 18.5 Å². The monoisotopic (exact) mass is 236 g/mol. The van der Waals surface area contributed by atoms with Crippen LogP contribution in [-0.2, 0) is 14.3 Å². The lowest BCUT2D eigenvalue weighted by molar-refractivity contribution is -0.159. The molecule has 1 heterocycles. The van der Waals surface area contributed by atoms with Crippen LogP contribution >= 0.6 is 15.9 Å². The number of ether oxygens (including phenoxy) is 2. The van der Waals surface area contributed by atoms with Crippen molar-refractivity contribution in [2.75, 3.05) is 18.5 Å². The number of halogens is 1. The summed E-state index contributed by atoms with van der Waals surface area (Å²) >= 11 is 3.18. The second-order valence-corrected chi connectivity index (χ2v) is 3.50. The Morgan fingerprint density at radius 3 is 3.00 bits per heavy atom. The first-order chi connectivity index (χ1) is 5.84. The van der Waals surface area contributed by atoms with Gasteiger partial charge in [0.05, 0.1) is 0 Å². The normalized spacial score (nSPS) is 23.6. The average Bonchev–Trinajstić information content (AvgIpc) is 2.15. The largest absolute Gasteiger partial charge is 0.463 e. The Morgan fingerprint density at radius 2 is 2.42 bits per heavy atom. The minimum atomic E-state index is -0.308. The van der Waals surface area contributed by atoms with Gasteiger partial charge in [-0.25, -0.2) is 4.79 Å².